The van der Waals surface area contributed by atoms with Gasteiger partial charge in [0, 0.05) is 23.0 Å². The van der Waals surface area contributed by atoms with Crippen molar-refractivity contribution in [2.45, 2.75) is 37.3 Å². The highest BCUT2D eigenvalue weighted by atomic mass is 35.5. The van der Waals surface area contributed by atoms with E-state index in [0.29, 0.717) is 40.6 Å². The van der Waals surface area contributed by atoms with Gasteiger partial charge in [0.15, 0.2) is 0 Å². The van der Waals surface area contributed by atoms with Crippen LogP contribution in [0, 0.1) is 5.92 Å². The van der Waals surface area contributed by atoms with Crippen LogP contribution in [0.4, 0.5) is 0 Å². The topological polar surface area (TPSA) is 12.5 Å². The molecule has 0 amide bonds. The van der Waals surface area contributed by atoms with Crippen molar-refractivity contribution in [3.8, 4) is 5.75 Å². The fraction of sp³-hybridized carbons (Fsp3) is 0.429. The van der Waals surface area contributed by atoms with Crippen LogP contribution in [0.15, 0.2) is 42.5 Å². The Morgan fingerprint density at radius 1 is 1.00 bits per heavy atom. The fourth-order valence-corrected chi connectivity index (χ4v) is 5.09. The molecule has 0 saturated carbocycles. The average Bonchev–Trinajstić information content (AvgIpc) is 2.88. The Hall–Kier alpha value is -0.930. The maximum Gasteiger partial charge on any atom is 0.119 e. The third-order valence-electron chi connectivity index (χ3n) is 6.06. The van der Waals surface area contributed by atoms with Gasteiger partial charge in [0.2, 0.25) is 0 Å². The predicted molar refractivity (Wildman–Crippen MR) is 109 cm³/mol. The molecule has 0 N–H and O–H groups in total. The molecule has 4 rings (SSSR count). The van der Waals surface area contributed by atoms with Crippen LogP contribution in [0.25, 0.3) is 0 Å². The lowest BCUT2D eigenvalue weighted by Crippen LogP contribution is -2.47. The Morgan fingerprint density at radius 2 is 1.77 bits per heavy atom. The second kappa shape index (κ2) is 7.59. The Kier molecular flexibility index (Phi) is 5.38. The SMILES string of the molecule is CN1[C@@H]2CC[C@@H]1[C@@H](COc1ccc(Cl)cc1)[C@H](c1ccc(Cl)c(Cl)c1)C2. The van der Waals surface area contributed by atoms with Crippen LogP contribution in [0.5, 0.6) is 5.75 Å². The van der Waals surface area contributed by atoms with Gasteiger partial charge in [0.1, 0.15) is 5.75 Å². The molecule has 5 heteroatoms. The number of ether oxygens (including phenoxy) is 1. The smallest absolute Gasteiger partial charge is 0.119 e. The van der Waals surface area contributed by atoms with E-state index in [9.17, 15) is 0 Å². The van der Waals surface area contributed by atoms with Gasteiger partial charge in [-0.15, -0.1) is 0 Å². The Balaban J connectivity index is 1.58. The predicted octanol–water partition coefficient (Wildman–Crippen LogP) is 6.29. The van der Waals surface area contributed by atoms with Crippen LogP contribution in [-0.4, -0.2) is 30.6 Å². The van der Waals surface area contributed by atoms with Gasteiger partial charge >= 0.3 is 0 Å². The summed E-state index contributed by atoms with van der Waals surface area (Å²) in [6, 6.07) is 14.9. The zero-order valence-electron chi connectivity index (χ0n) is 14.7. The van der Waals surface area contributed by atoms with Crippen LogP contribution in [0.3, 0.4) is 0 Å². The molecule has 4 atom stereocenters. The molecule has 26 heavy (non-hydrogen) atoms. The number of fused-ring (bicyclic) bond motifs is 2. The molecule has 2 nitrogen and oxygen atoms in total. The first-order valence-electron chi connectivity index (χ1n) is 9.08. The maximum absolute atomic E-state index is 6.30. The number of hydrogen-bond acceptors (Lipinski definition) is 2. The number of nitrogens with zero attached hydrogens (tertiary/aromatic N) is 1. The molecule has 138 valence electrons. The number of benzene rings is 2. The highest BCUT2D eigenvalue weighted by molar-refractivity contribution is 6.42. The second-order valence-corrected chi connectivity index (χ2v) is 8.66. The summed E-state index contributed by atoms with van der Waals surface area (Å²) in [6.45, 7) is 0.689. The Bertz CT molecular complexity index is 779. The maximum atomic E-state index is 6.30. The molecular formula is C21H22Cl3NO. The van der Waals surface area contributed by atoms with Crippen LogP contribution in [-0.2, 0) is 0 Å². The summed E-state index contributed by atoms with van der Waals surface area (Å²) in [7, 11) is 2.25. The molecule has 2 heterocycles. The molecule has 0 aromatic heterocycles. The van der Waals surface area contributed by atoms with Gasteiger partial charge in [-0.25, -0.2) is 0 Å². The number of halogens is 3. The van der Waals surface area contributed by atoms with Crippen molar-refractivity contribution in [2.75, 3.05) is 13.7 Å². The van der Waals surface area contributed by atoms with E-state index in [4.69, 9.17) is 39.5 Å². The summed E-state index contributed by atoms with van der Waals surface area (Å²) < 4.78 is 6.16. The summed E-state index contributed by atoms with van der Waals surface area (Å²) in [6.07, 6.45) is 3.63. The van der Waals surface area contributed by atoms with E-state index in [-0.39, 0.29) is 0 Å². The van der Waals surface area contributed by atoms with Gasteiger partial charge < -0.3 is 9.64 Å². The zero-order chi connectivity index (χ0) is 18.3. The van der Waals surface area contributed by atoms with E-state index < -0.39 is 0 Å². The van der Waals surface area contributed by atoms with E-state index in [0.717, 1.165) is 17.2 Å². The Morgan fingerprint density at radius 3 is 2.50 bits per heavy atom. The normalized spacial score (nSPS) is 28.3. The molecule has 0 unspecified atom stereocenters. The van der Waals surface area contributed by atoms with E-state index in [1.54, 1.807) is 0 Å². The van der Waals surface area contributed by atoms with Crippen molar-refractivity contribution < 1.29 is 4.74 Å². The summed E-state index contributed by atoms with van der Waals surface area (Å²) in [5.74, 6) is 1.72. The van der Waals surface area contributed by atoms with Crippen LogP contribution in [0.2, 0.25) is 15.1 Å². The average molecular weight is 411 g/mol. The number of rotatable bonds is 4. The third kappa shape index (κ3) is 3.57. The molecule has 2 saturated heterocycles. The summed E-state index contributed by atoms with van der Waals surface area (Å²) in [5, 5.41) is 1.97. The molecule has 0 spiro atoms. The monoisotopic (exact) mass is 409 g/mol. The standard InChI is InChI=1S/C21H22Cl3NO/c1-25-15-5-9-21(25)18(12-26-16-6-3-14(22)4-7-16)17(11-15)13-2-8-19(23)20(24)10-13/h2-4,6-8,10,15,17-18,21H,5,9,11-12H2,1H3/t15-,17+,18+,21-/m1/s1. The fourth-order valence-electron chi connectivity index (χ4n) is 4.65. The van der Waals surface area contributed by atoms with Crippen molar-refractivity contribution >= 4 is 34.8 Å². The third-order valence-corrected chi connectivity index (χ3v) is 7.05. The number of hydrogen-bond donors (Lipinski definition) is 0. The minimum absolute atomic E-state index is 0.423. The van der Waals surface area contributed by atoms with Crippen LogP contribution < -0.4 is 4.74 Å². The van der Waals surface area contributed by atoms with E-state index in [1.807, 2.05) is 36.4 Å². The molecular weight excluding hydrogens is 389 g/mol. The lowest BCUT2D eigenvalue weighted by atomic mass is 9.76. The van der Waals surface area contributed by atoms with Gasteiger partial charge in [-0.1, -0.05) is 40.9 Å². The van der Waals surface area contributed by atoms with Crippen LogP contribution >= 0.6 is 34.8 Å². The van der Waals surface area contributed by atoms with Crippen molar-refractivity contribution in [2.24, 2.45) is 5.92 Å². The van der Waals surface area contributed by atoms with Crippen LogP contribution in [0.1, 0.15) is 30.7 Å². The zero-order valence-corrected chi connectivity index (χ0v) is 16.9. The molecule has 2 aromatic carbocycles. The summed E-state index contributed by atoms with van der Waals surface area (Å²) in [5.41, 5.74) is 1.27. The van der Waals surface area contributed by atoms with Crippen molar-refractivity contribution in [1.82, 2.24) is 4.90 Å². The number of piperidine rings is 1. The highest BCUT2D eigenvalue weighted by Crippen LogP contribution is 2.47. The summed E-state index contributed by atoms with van der Waals surface area (Å²) >= 11 is 18.4. The van der Waals surface area contributed by atoms with Gasteiger partial charge in [0.25, 0.3) is 0 Å². The minimum Gasteiger partial charge on any atom is -0.493 e. The second-order valence-electron chi connectivity index (χ2n) is 7.41. The van der Waals surface area contributed by atoms with Crippen molar-refractivity contribution in [1.29, 1.82) is 0 Å². The van der Waals surface area contributed by atoms with Gasteiger partial charge in [-0.3, -0.25) is 0 Å². The molecule has 0 aliphatic carbocycles. The van der Waals surface area contributed by atoms with E-state index in [2.05, 4.69) is 18.0 Å². The first-order valence-corrected chi connectivity index (χ1v) is 10.2. The minimum atomic E-state index is 0.423. The highest BCUT2D eigenvalue weighted by Gasteiger charge is 2.46. The first kappa shape index (κ1) is 18.4. The quantitative estimate of drug-likeness (QED) is 0.587. The molecule has 2 fully saturated rings. The van der Waals surface area contributed by atoms with E-state index >= 15 is 0 Å². The molecule has 2 aliphatic heterocycles. The molecule has 2 aromatic rings. The molecule has 0 radical (unpaired) electrons. The lowest BCUT2D eigenvalue weighted by molar-refractivity contribution is 0.0666. The van der Waals surface area contributed by atoms with Gasteiger partial charge in [-0.05, 0) is 74.2 Å². The molecule has 2 bridgehead atoms. The van der Waals surface area contributed by atoms with Gasteiger partial charge in [-0.2, -0.15) is 0 Å². The van der Waals surface area contributed by atoms with E-state index in [1.165, 1.54) is 18.4 Å². The van der Waals surface area contributed by atoms with Crippen molar-refractivity contribution in [3.05, 3.63) is 63.1 Å². The lowest BCUT2D eigenvalue weighted by Gasteiger charge is -2.43. The largest absolute Gasteiger partial charge is 0.493 e. The first-order chi connectivity index (χ1) is 12.5. The summed E-state index contributed by atoms with van der Waals surface area (Å²) in [4.78, 5) is 2.55. The van der Waals surface area contributed by atoms with Gasteiger partial charge in [0.05, 0.1) is 16.7 Å². The van der Waals surface area contributed by atoms with Crippen molar-refractivity contribution in [3.63, 3.8) is 0 Å². The Labute approximate surface area is 170 Å². The molecule has 2 aliphatic rings.